The first-order valence-corrected chi connectivity index (χ1v) is 4.44. The van der Waals surface area contributed by atoms with E-state index < -0.39 is 0 Å². The van der Waals surface area contributed by atoms with Crippen LogP contribution in [0.1, 0.15) is 0 Å². The summed E-state index contributed by atoms with van der Waals surface area (Å²) in [5, 5.41) is 7.26. The van der Waals surface area contributed by atoms with E-state index in [1.54, 1.807) is 5.51 Å². The summed E-state index contributed by atoms with van der Waals surface area (Å²) in [6.07, 6.45) is 0. The Bertz CT molecular complexity index is 265. The van der Waals surface area contributed by atoms with E-state index in [9.17, 15) is 4.57 Å². The second-order valence-corrected chi connectivity index (χ2v) is 3.58. The summed E-state index contributed by atoms with van der Waals surface area (Å²) < 4.78 is 10.6. The average Bonchev–Trinajstić information content (AvgIpc) is 2.34. The summed E-state index contributed by atoms with van der Waals surface area (Å²) in [7, 11) is -0.100. The number of hydrogen-bond acceptors (Lipinski definition) is 5. The number of aromatic nitrogens is 2. The van der Waals surface area contributed by atoms with Crippen LogP contribution in [-0.2, 0) is 4.57 Å². The van der Waals surface area contributed by atoms with Crippen molar-refractivity contribution in [2.45, 2.75) is 4.34 Å². The Morgan fingerprint density at radius 2 is 2.78 bits per heavy atom. The third-order valence-electron chi connectivity index (χ3n) is 0.510. The Hall–Kier alpha value is -0.0800. The monoisotopic (exact) mass is 176 g/mol. The maximum atomic E-state index is 9.82. The summed E-state index contributed by atoms with van der Waals surface area (Å²) >= 11 is 2.59. The van der Waals surface area contributed by atoms with Crippen molar-refractivity contribution in [3.63, 3.8) is 0 Å². The minimum absolute atomic E-state index is 0.100. The molecule has 1 heterocycles. The Morgan fingerprint density at radius 1 is 1.89 bits per heavy atom. The van der Waals surface area contributed by atoms with Gasteiger partial charge in [0.2, 0.25) is 0 Å². The van der Waals surface area contributed by atoms with Crippen LogP contribution in [0.4, 0.5) is 0 Å². The molecule has 1 aromatic heterocycles. The maximum absolute atomic E-state index is 9.82. The van der Waals surface area contributed by atoms with Gasteiger partial charge in [-0.1, -0.05) is 0 Å². The summed E-state index contributed by atoms with van der Waals surface area (Å²) in [6.45, 7) is 0. The minimum atomic E-state index is -0.100. The van der Waals surface area contributed by atoms with Gasteiger partial charge in [0.05, 0.1) is 0 Å². The quantitative estimate of drug-likeness (QED) is 0.483. The predicted octanol–water partition coefficient (Wildman–Crippen LogP) is 1.84. The van der Waals surface area contributed by atoms with E-state index in [0.29, 0.717) is 0 Å². The molecule has 0 aromatic carbocycles. The van der Waals surface area contributed by atoms with Crippen molar-refractivity contribution in [1.29, 1.82) is 0 Å². The second kappa shape index (κ2) is 3.85. The van der Waals surface area contributed by atoms with Crippen LogP contribution in [0.25, 0.3) is 0 Å². The molecule has 0 bridgehead atoms. The van der Waals surface area contributed by atoms with Crippen LogP contribution in [0.2, 0.25) is 0 Å². The zero-order valence-electron chi connectivity index (χ0n) is 4.14. The van der Waals surface area contributed by atoms with Gasteiger partial charge in [-0.3, -0.25) is 0 Å². The van der Waals surface area contributed by atoms with E-state index in [2.05, 4.69) is 15.2 Å². The Labute approximate surface area is 61.0 Å². The molecule has 46 valence electrons. The van der Waals surface area contributed by atoms with Gasteiger partial charge in [0, 0.05) is 0 Å². The standard InChI is InChI=1S/C3HN2OPS2/c6-7-2-9-3-5-4-1-8-3/h1H. The molecular weight excluding hydrogens is 175 g/mol. The van der Waals surface area contributed by atoms with Crippen LogP contribution in [0.3, 0.4) is 0 Å². The first-order valence-electron chi connectivity index (χ1n) is 1.94. The van der Waals surface area contributed by atoms with Crippen molar-refractivity contribution in [2.75, 3.05) is 0 Å². The van der Waals surface area contributed by atoms with Gasteiger partial charge in [-0.15, -0.1) is 0 Å². The molecule has 1 aromatic rings. The SMILES string of the molecule is O=P#CSc1nncs1. The van der Waals surface area contributed by atoms with Crippen LogP contribution >= 0.6 is 31.0 Å². The second-order valence-electron chi connectivity index (χ2n) is 0.989. The van der Waals surface area contributed by atoms with E-state index in [0.717, 1.165) is 4.34 Å². The molecule has 0 aliphatic heterocycles. The van der Waals surface area contributed by atoms with Crippen molar-refractivity contribution in [3.05, 3.63) is 5.51 Å². The number of hydrogen-bond donors (Lipinski definition) is 0. The molecule has 0 radical (unpaired) electrons. The van der Waals surface area contributed by atoms with Gasteiger partial charge >= 0.3 is 60.6 Å². The van der Waals surface area contributed by atoms with Gasteiger partial charge in [-0.05, 0) is 0 Å². The van der Waals surface area contributed by atoms with Crippen molar-refractivity contribution < 1.29 is 4.57 Å². The number of thioether (sulfide) groups is 1. The molecule has 0 aliphatic rings. The molecule has 0 N–H and O–H groups in total. The third-order valence-corrected chi connectivity index (χ3v) is 2.45. The van der Waals surface area contributed by atoms with Gasteiger partial charge in [0.1, 0.15) is 0 Å². The number of rotatable bonds is 1. The van der Waals surface area contributed by atoms with Crippen LogP contribution in [-0.4, -0.2) is 10.2 Å². The molecule has 0 fully saturated rings. The summed E-state index contributed by atoms with van der Waals surface area (Å²) in [5.74, 6) is 0. The zero-order valence-corrected chi connectivity index (χ0v) is 6.67. The first kappa shape index (κ1) is 7.03. The number of nitrogens with zero attached hydrogens (tertiary/aromatic N) is 2. The summed E-state index contributed by atoms with van der Waals surface area (Å²) in [5.41, 5.74) is 1.62. The summed E-state index contributed by atoms with van der Waals surface area (Å²) in [6, 6.07) is 0. The van der Waals surface area contributed by atoms with Gasteiger partial charge in [0.15, 0.2) is 0 Å². The van der Waals surface area contributed by atoms with Crippen molar-refractivity contribution in [1.82, 2.24) is 10.2 Å². The van der Waals surface area contributed by atoms with E-state index in [4.69, 9.17) is 0 Å². The molecule has 9 heavy (non-hydrogen) atoms. The van der Waals surface area contributed by atoms with Gasteiger partial charge in [0.25, 0.3) is 0 Å². The molecule has 3 nitrogen and oxygen atoms in total. The molecule has 1 rings (SSSR count). The Kier molecular flexibility index (Phi) is 3.01. The van der Waals surface area contributed by atoms with Gasteiger partial charge in [-0.25, -0.2) is 0 Å². The molecule has 0 spiro atoms. The molecule has 0 atom stereocenters. The molecule has 0 unspecified atom stereocenters. The van der Waals surface area contributed by atoms with E-state index in [1.165, 1.54) is 23.1 Å². The fourth-order valence-electron chi connectivity index (χ4n) is 0.265. The van der Waals surface area contributed by atoms with E-state index >= 15 is 0 Å². The fourth-order valence-corrected chi connectivity index (χ4v) is 1.75. The third kappa shape index (κ3) is 2.33. The Balaban J connectivity index is 2.65. The Morgan fingerprint density at radius 3 is 3.33 bits per heavy atom. The molecule has 0 amide bonds. The van der Waals surface area contributed by atoms with E-state index in [-0.39, 0.29) is 7.92 Å². The fraction of sp³-hybridized carbons (Fsp3) is 0. The predicted molar refractivity (Wildman–Crippen MR) is 37.3 cm³/mol. The molecule has 6 heteroatoms. The molecular formula is C3HN2OPS2. The molecule has 0 saturated heterocycles. The van der Waals surface area contributed by atoms with Crippen LogP contribution < -0.4 is 0 Å². The van der Waals surface area contributed by atoms with Crippen molar-refractivity contribution in [2.24, 2.45) is 0 Å². The average molecular weight is 176 g/mol. The van der Waals surface area contributed by atoms with Crippen molar-refractivity contribution in [3.8, 4) is 4.96 Å². The van der Waals surface area contributed by atoms with Gasteiger partial charge in [-0.2, -0.15) is 0 Å². The van der Waals surface area contributed by atoms with Crippen LogP contribution in [0.15, 0.2) is 9.85 Å². The van der Waals surface area contributed by atoms with Crippen molar-refractivity contribution >= 4 is 31.0 Å². The molecule has 0 saturated carbocycles. The van der Waals surface area contributed by atoms with E-state index in [1.807, 2.05) is 0 Å². The first-order chi connectivity index (χ1) is 4.43. The zero-order chi connectivity index (χ0) is 6.53. The van der Waals surface area contributed by atoms with Crippen LogP contribution in [0, 0.1) is 4.96 Å². The van der Waals surface area contributed by atoms with Crippen LogP contribution in [0.5, 0.6) is 0 Å². The normalized spacial score (nSPS) is 8.44. The molecule has 0 aliphatic carbocycles. The van der Waals surface area contributed by atoms with Gasteiger partial charge < -0.3 is 0 Å². The topological polar surface area (TPSA) is 42.9 Å². The summed E-state index contributed by atoms with van der Waals surface area (Å²) in [4.78, 5) is 2.49.